The van der Waals surface area contributed by atoms with Crippen molar-refractivity contribution in [1.82, 2.24) is 10.0 Å². The Kier molecular flexibility index (Phi) is 6.70. The summed E-state index contributed by atoms with van der Waals surface area (Å²) in [6, 6.07) is 11.6. The fraction of sp³-hybridized carbons (Fsp3) is 0.263. The number of rotatable bonds is 7. The number of benzene rings is 2. The van der Waals surface area contributed by atoms with E-state index in [1.54, 1.807) is 44.3 Å². The van der Waals surface area contributed by atoms with Crippen LogP contribution < -0.4 is 15.4 Å². The lowest BCUT2D eigenvalue weighted by molar-refractivity contribution is -0.116. The van der Waals surface area contributed by atoms with Crippen LogP contribution in [0.2, 0.25) is 0 Å². The number of anilines is 1. The van der Waals surface area contributed by atoms with Gasteiger partial charge >= 0.3 is 0 Å². The number of aryl methyl sites for hydroxylation is 1. The molecule has 2 aromatic carbocycles. The smallest absolute Gasteiger partial charge is 0.251 e. The standard InChI is InChI=1S/C19H23N3O4S/c1-13-16(19(24)20-2)5-4-6-17(13)22-18(23)12-9-14-7-10-15(11-8-14)27(25,26)21-3/h4-8,10-11,21H,9,12H2,1-3H3,(H,20,24)(H,22,23). The number of hydrogen-bond acceptors (Lipinski definition) is 4. The second kappa shape index (κ2) is 8.79. The molecule has 144 valence electrons. The van der Waals surface area contributed by atoms with Gasteiger partial charge in [0.1, 0.15) is 0 Å². The van der Waals surface area contributed by atoms with Crippen LogP contribution in [-0.2, 0) is 21.2 Å². The first-order chi connectivity index (χ1) is 12.8. The van der Waals surface area contributed by atoms with Gasteiger partial charge in [0, 0.05) is 24.7 Å². The summed E-state index contributed by atoms with van der Waals surface area (Å²) in [6.07, 6.45) is 0.710. The monoisotopic (exact) mass is 389 g/mol. The van der Waals surface area contributed by atoms with E-state index < -0.39 is 10.0 Å². The van der Waals surface area contributed by atoms with Crippen molar-refractivity contribution in [2.45, 2.75) is 24.7 Å². The molecule has 3 N–H and O–H groups in total. The van der Waals surface area contributed by atoms with E-state index in [4.69, 9.17) is 0 Å². The van der Waals surface area contributed by atoms with Crippen molar-refractivity contribution in [2.24, 2.45) is 0 Å². The second-order valence-corrected chi connectivity index (χ2v) is 7.84. The van der Waals surface area contributed by atoms with E-state index in [1.165, 1.54) is 19.2 Å². The summed E-state index contributed by atoms with van der Waals surface area (Å²) >= 11 is 0. The van der Waals surface area contributed by atoms with E-state index in [2.05, 4.69) is 15.4 Å². The lowest BCUT2D eigenvalue weighted by atomic mass is 10.1. The molecule has 0 bridgehead atoms. The van der Waals surface area contributed by atoms with Crippen molar-refractivity contribution in [3.8, 4) is 0 Å². The summed E-state index contributed by atoms with van der Waals surface area (Å²) in [4.78, 5) is 24.3. The minimum atomic E-state index is -3.47. The average Bonchev–Trinajstić information content (AvgIpc) is 2.67. The predicted octanol–water partition coefficient (Wildman–Crippen LogP) is 1.83. The first-order valence-corrected chi connectivity index (χ1v) is 9.91. The molecule has 0 aromatic heterocycles. The van der Waals surface area contributed by atoms with E-state index in [1.807, 2.05) is 0 Å². The maximum Gasteiger partial charge on any atom is 0.251 e. The Morgan fingerprint density at radius 2 is 1.67 bits per heavy atom. The van der Waals surface area contributed by atoms with Crippen LogP contribution >= 0.6 is 0 Å². The molecule has 0 aliphatic rings. The molecule has 0 radical (unpaired) electrons. The van der Waals surface area contributed by atoms with Crippen molar-refractivity contribution in [3.05, 3.63) is 59.2 Å². The van der Waals surface area contributed by atoms with Gasteiger partial charge in [-0.15, -0.1) is 0 Å². The molecular weight excluding hydrogens is 366 g/mol. The van der Waals surface area contributed by atoms with Crippen molar-refractivity contribution >= 4 is 27.5 Å². The van der Waals surface area contributed by atoms with Gasteiger partial charge in [-0.25, -0.2) is 13.1 Å². The van der Waals surface area contributed by atoms with E-state index in [9.17, 15) is 18.0 Å². The van der Waals surface area contributed by atoms with Gasteiger partial charge in [0.25, 0.3) is 5.91 Å². The SMILES string of the molecule is CNC(=O)c1cccc(NC(=O)CCc2ccc(S(=O)(=O)NC)cc2)c1C. The molecule has 2 amide bonds. The van der Waals surface area contributed by atoms with Gasteiger partial charge in [-0.2, -0.15) is 0 Å². The summed E-state index contributed by atoms with van der Waals surface area (Å²) < 4.78 is 25.7. The number of carbonyl (C=O) groups is 2. The average molecular weight is 389 g/mol. The summed E-state index contributed by atoms with van der Waals surface area (Å²) in [7, 11) is -0.556. The Labute approximate surface area is 159 Å². The Balaban J connectivity index is 2.00. The first kappa shape index (κ1) is 20.6. The van der Waals surface area contributed by atoms with E-state index in [0.717, 1.165) is 5.56 Å². The molecule has 0 saturated heterocycles. The minimum absolute atomic E-state index is 0.180. The zero-order valence-corrected chi connectivity index (χ0v) is 16.3. The van der Waals surface area contributed by atoms with E-state index in [-0.39, 0.29) is 23.1 Å². The Morgan fingerprint density at radius 1 is 1.00 bits per heavy atom. The molecular formula is C19H23N3O4S. The topological polar surface area (TPSA) is 104 Å². The van der Waals surface area contributed by atoms with Crippen LogP contribution in [0, 0.1) is 6.92 Å². The maximum absolute atomic E-state index is 12.2. The number of sulfonamides is 1. The Morgan fingerprint density at radius 3 is 2.26 bits per heavy atom. The third-order valence-corrected chi connectivity index (χ3v) is 5.65. The van der Waals surface area contributed by atoms with E-state index >= 15 is 0 Å². The number of carbonyl (C=O) groups excluding carboxylic acids is 2. The number of amides is 2. The fourth-order valence-electron chi connectivity index (χ4n) is 2.58. The first-order valence-electron chi connectivity index (χ1n) is 8.42. The van der Waals surface area contributed by atoms with Gasteiger partial charge in [0.2, 0.25) is 15.9 Å². The molecule has 0 spiro atoms. The van der Waals surface area contributed by atoms with Gasteiger partial charge in [-0.1, -0.05) is 18.2 Å². The van der Waals surface area contributed by atoms with Crippen molar-refractivity contribution in [2.75, 3.05) is 19.4 Å². The van der Waals surface area contributed by atoms with Crippen molar-refractivity contribution in [3.63, 3.8) is 0 Å². The largest absolute Gasteiger partial charge is 0.355 e. The van der Waals surface area contributed by atoms with Crippen molar-refractivity contribution < 1.29 is 18.0 Å². The molecule has 0 fully saturated rings. The third-order valence-electron chi connectivity index (χ3n) is 4.22. The van der Waals surface area contributed by atoms with Gasteiger partial charge < -0.3 is 10.6 Å². The number of hydrogen-bond donors (Lipinski definition) is 3. The van der Waals surface area contributed by atoms with Crippen LogP contribution in [-0.4, -0.2) is 34.3 Å². The molecule has 2 aromatic rings. The molecule has 2 rings (SSSR count). The molecule has 0 saturated carbocycles. The Hall–Kier alpha value is -2.71. The van der Waals surface area contributed by atoms with Crippen LogP contribution in [0.1, 0.15) is 27.9 Å². The van der Waals surface area contributed by atoms with Gasteiger partial charge in [-0.05, 0) is 55.8 Å². The lowest BCUT2D eigenvalue weighted by Gasteiger charge is -2.12. The quantitative estimate of drug-likeness (QED) is 0.672. The lowest BCUT2D eigenvalue weighted by Crippen LogP contribution is -2.20. The molecule has 8 heteroatoms. The minimum Gasteiger partial charge on any atom is -0.355 e. The van der Waals surface area contributed by atoms with Gasteiger partial charge in [-0.3, -0.25) is 9.59 Å². The zero-order valence-electron chi connectivity index (χ0n) is 15.5. The molecule has 0 heterocycles. The maximum atomic E-state index is 12.2. The third kappa shape index (κ3) is 5.15. The molecule has 0 unspecified atom stereocenters. The highest BCUT2D eigenvalue weighted by atomic mass is 32.2. The highest BCUT2D eigenvalue weighted by Gasteiger charge is 2.13. The fourth-order valence-corrected chi connectivity index (χ4v) is 3.31. The van der Waals surface area contributed by atoms with Crippen LogP contribution in [0.4, 0.5) is 5.69 Å². The van der Waals surface area contributed by atoms with Gasteiger partial charge in [0.05, 0.1) is 4.90 Å². The molecule has 0 aliphatic heterocycles. The van der Waals surface area contributed by atoms with Crippen molar-refractivity contribution in [1.29, 1.82) is 0 Å². The summed E-state index contributed by atoms with van der Waals surface area (Å²) in [5, 5.41) is 5.39. The molecule has 0 atom stereocenters. The molecule has 0 aliphatic carbocycles. The Bertz CT molecular complexity index is 938. The molecule has 27 heavy (non-hydrogen) atoms. The zero-order chi connectivity index (χ0) is 20.0. The van der Waals surface area contributed by atoms with Crippen LogP contribution in [0.3, 0.4) is 0 Å². The predicted molar refractivity (Wildman–Crippen MR) is 104 cm³/mol. The summed E-state index contributed by atoms with van der Waals surface area (Å²) in [5.74, 6) is -0.390. The highest BCUT2D eigenvalue weighted by Crippen LogP contribution is 2.19. The van der Waals surface area contributed by atoms with Crippen LogP contribution in [0.25, 0.3) is 0 Å². The molecule has 7 nitrogen and oxygen atoms in total. The van der Waals surface area contributed by atoms with E-state index in [0.29, 0.717) is 23.2 Å². The summed E-state index contributed by atoms with van der Waals surface area (Å²) in [5.41, 5.74) is 2.66. The second-order valence-electron chi connectivity index (χ2n) is 5.96. The van der Waals surface area contributed by atoms with Gasteiger partial charge in [0.15, 0.2) is 0 Å². The normalized spacial score (nSPS) is 11.1. The number of nitrogens with one attached hydrogen (secondary N) is 3. The van der Waals surface area contributed by atoms with Crippen LogP contribution in [0.5, 0.6) is 0 Å². The summed E-state index contributed by atoms with van der Waals surface area (Å²) in [6.45, 7) is 1.78. The highest BCUT2D eigenvalue weighted by molar-refractivity contribution is 7.89. The van der Waals surface area contributed by atoms with Crippen LogP contribution in [0.15, 0.2) is 47.4 Å².